The fourth-order valence-electron chi connectivity index (χ4n) is 3.05. The largest absolute Gasteiger partial charge is 0.465 e. The monoisotopic (exact) mass is 449 g/mol. The number of amides is 1. The Kier molecular flexibility index (Phi) is 6.42. The maximum absolute atomic E-state index is 13.0. The summed E-state index contributed by atoms with van der Waals surface area (Å²) in [6.45, 7) is 3.70. The molecule has 1 amide bonds. The molecular weight excluding hydrogens is 430 g/mol. The topological polar surface area (TPSA) is 99.4 Å². The molecule has 0 saturated carbocycles. The van der Waals surface area contributed by atoms with E-state index in [1.165, 1.54) is 41.2 Å². The van der Waals surface area contributed by atoms with E-state index in [1.54, 1.807) is 11.4 Å². The Balaban J connectivity index is 2.00. The summed E-state index contributed by atoms with van der Waals surface area (Å²) >= 11 is 7.21. The first-order chi connectivity index (χ1) is 14.2. The SMILES string of the molecule is COC(=O)c1ccc(Cl)cc1NC(=O)Cn1c(=O)n(CC(C)C)c(=O)c2sccc21. The number of halogens is 1. The summed E-state index contributed by atoms with van der Waals surface area (Å²) < 4.78 is 7.53. The van der Waals surface area contributed by atoms with Crippen molar-refractivity contribution < 1.29 is 14.3 Å². The number of aromatic nitrogens is 2. The summed E-state index contributed by atoms with van der Waals surface area (Å²) in [5.74, 6) is -1.11. The fraction of sp³-hybridized carbons (Fsp3) is 0.300. The van der Waals surface area contributed by atoms with E-state index in [2.05, 4.69) is 5.32 Å². The van der Waals surface area contributed by atoms with Gasteiger partial charge in [0.15, 0.2) is 0 Å². The third-order valence-electron chi connectivity index (χ3n) is 4.35. The summed E-state index contributed by atoms with van der Waals surface area (Å²) in [5.41, 5.74) is -0.228. The lowest BCUT2D eigenvalue weighted by molar-refractivity contribution is -0.116. The zero-order valence-corrected chi connectivity index (χ0v) is 18.2. The summed E-state index contributed by atoms with van der Waals surface area (Å²) in [6.07, 6.45) is 0. The number of fused-ring (bicyclic) bond motifs is 1. The van der Waals surface area contributed by atoms with E-state index in [4.69, 9.17) is 16.3 Å². The maximum atomic E-state index is 13.0. The van der Waals surface area contributed by atoms with Crippen LogP contribution in [0.4, 0.5) is 5.69 Å². The second kappa shape index (κ2) is 8.85. The van der Waals surface area contributed by atoms with E-state index in [0.717, 1.165) is 4.57 Å². The lowest BCUT2D eigenvalue weighted by atomic mass is 10.1. The zero-order valence-electron chi connectivity index (χ0n) is 16.6. The number of anilines is 1. The predicted molar refractivity (Wildman–Crippen MR) is 117 cm³/mol. The van der Waals surface area contributed by atoms with Crippen LogP contribution in [0.25, 0.3) is 10.2 Å². The van der Waals surface area contributed by atoms with Crippen LogP contribution < -0.4 is 16.6 Å². The number of ether oxygens (including phenoxy) is 1. The van der Waals surface area contributed by atoms with Gasteiger partial charge >= 0.3 is 11.7 Å². The highest BCUT2D eigenvalue weighted by Gasteiger charge is 2.19. The second-order valence-electron chi connectivity index (χ2n) is 7.04. The minimum absolute atomic E-state index is 0.0733. The van der Waals surface area contributed by atoms with E-state index < -0.39 is 17.6 Å². The molecule has 1 aromatic carbocycles. The highest BCUT2D eigenvalue weighted by atomic mass is 35.5. The van der Waals surface area contributed by atoms with E-state index in [9.17, 15) is 19.2 Å². The standard InChI is InChI=1S/C20H20ClN3O5S/c1-11(2)9-24-18(26)17-15(6-7-30-17)23(20(24)28)10-16(25)22-14-8-12(21)4-5-13(14)19(27)29-3/h4-8,11H,9-10H2,1-3H3,(H,22,25). The van der Waals surface area contributed by atoms with Gasteiger partial charge in [0.1, 0.15) is 11.2 Å². The average molecular weight is 450 g/mol. The number of hydrogen-bond donors (Lipinski definition) is 1. The van der Waals surface area contributed by atoms with Gasteiger partial charge in [-0.1, -0.05) is 25.4 Å². The molecule has 0 aliphatic rings. The number of hydrogen-bond acceptors (Lipinski definition) is 6. The Morgan fingerprint density at radius 3 is 2.60 bits per heavy atom. The van der Waals surface area contributed by atoms with Crippen LogP contribution in [0, 0.1) is 5.92 Å². The first kappa shape index (κ1) is 21.8. The molecule has 2 heterocycles. The van der Waals surface area contributed by atoms with Gasteiger partial charge in [-0.3, -0.25) is 18.7 Å². The van der Waals surface area contributed by atoms with Crippen LogP contribution in [0.15, 0.2) is 39.2 Å². The highest BCUT2D eigenvalue weighted by molar-refractivity contribution is 7.17. The van der Waals surface area contributed by atoms with E-state index in [1.807, 2.05) is 13.8 Å². The normalized spacial score (nSPS) is 11.1. The van der Waals surface area contributed by atoms with Crippen molar-refractivity contribution in [2.45, 2.75) is 26.9 Å². The predicted octanol–water partition coefficient (Wildman–Crippen LogP) is 2.96. The molecular formula is C20H20ClN3O5S. The molecule has 0 unspecified atom stereocenters. The van der Waals surface area contributed by atoms with Crippen molar-refractivity contribution in [1.82, 2.24) is 9.13 Å². The highest BCUT2D eigenvalue weighted by Crippen LogP contribution is 2.22. The zero-order chi connectivity index (χ0) is 22.0. The number of benzene rings is 1. The Labute approximate surface area is 180 Å². The van der Waals surface area contributed by atoms with E-state index >= 15 is 0 Å². The van der Waals surface area contributed by atoms with Gasteiger partial charge in [0, 0.05) is 11.6 Å². The van der Waals surface area contributed by atoms with Crippen LogP contribution in [0.1, 0.15) is 24.2 Å². The Morgan fingerprint density at radius 2 is 1.93 bits per heavy atom. The van der Waals surface area contributed by atoms with Crippen LogP contribution in [-0.4, -0.2) is 28.1 Å². The molecule has 0 atom stereocenters. The summed E-state index contributed by atoms with van der Waals surface area (Å²) in [5, 5.41) is 4.63. The van der Waals surface area contributed by atoms with Gasteiger partial charge in [0.2, 0.25) is 5.91 Å². The number of esters is 1. The van der Waals surface area contributed by atoms with Crippen LogP contribution in [0.5, 0.6) is 0 Å². The van der Waals surface area contributed by atoms with Crippen LogP contribution in [-0.2, 0) is 22.6 Å². The maximum Gasteiger partial charge on any atom is 0.339 e. The molecule has 0 aliphatic carbocycles. The minimum Gasteiger partial charge on any atom is -0.465 e. The van der Waals surface area contributed by atoms with Crippen LogP contribution in [0.2, 0.25) is 5.02 Å². The molecule has 0 aliphatic heterocycles. The Hall–Kier alpha value is -2.91. The van der Waals surface area contributed by atoms with Gasteiger partial charge in [-0.2, -0.15) is 0 Å². The van der Waals surface area contributed by atoms with Crippen molar-refractivity contribution in [1.29, 1.82) is 0 Å². The molecule has 3 rings (SSSR count). The second-order valence-corrected chi connectivity index (χ2v) is 8.40. The molecule has 0 bridgehead atoms. The number of nitrogens with zero attached hydrogens (tertiary/aromatic N) is 2. The molecule has 8 nitrogen and oxygen atoms in total. The average Bonchev–Trinajstić information content (AvgIpc) is 3.18. The molecule has 30 heavy (non-hydrogen) atoms. The van der Waals surface area contributed by atoms with Gasteiger partial charge in [0.25, 0.3) is 5.56 Å². The lowest BCUT2D eigenvalue weighted by Crippen LogP contribution is -2.42. The van der Waals surface area contributed by atoms with Gasteiger partial charge in [-0.05, 0) is 35.6 Å². The van der Waals surface area contributed by atoms with E-state index in [0.29, 0.717) is 15.2 Å². The summed E-state index contributed by atoms with van der Waals surface area (Å²) in [7, 11) is 1.23. The van der Waals surface area contributed by atoms with Crippen molar-refractivity contribution in [3.05, 3.63) is 61.1 Å². The van der Waals surface area contributed by atoms with Gasteiger partial charge in [-0.15, -0.1) is 11.3 Å². The molecule has 10 heteroatoms. The summed E-state index contributed by atoms with van der Waals surface area (Å²) in [4.78, 5) is 50.3. The molecule has 0 radical (unpaired) electrons. The number of rotatable bonds is 6. The number of nitrogens with one attached hydrogen (secondary N) is 1. The summed E-state index contributed by atoms with van der Waals surface area (Å²) in [6, 6.07) is 6.00. The third kappa shape index (κ3) is 4.31. The molecule has 2 aromatic heterocycles. The van der Waals surface area contributed by atoms with Crippen molar-refractivity contribution in [3.63, 3.8) is 0 Å². The quantitative estimate of drug-likeness (QED) is 0.583. The first-order valence-electron chi connectivity index (χ1n) is 9.11. The van der Waals surface area contributed by atoms with Gasteiger partial charge in [-0.25, -0.2) is 9.59 Å². The molecule has 0 fully saturated rings. The molecule has 0 spiro atoms. The van der Waals surface area contributed by atoms with Crippen molar-refractivity contribution >= 4 is 50.7 Å². The van der Waals surface area contributed by atoms with Gasteiger partial charge in [0.05, 0.1) is 23.9 Å². The van der Waals surface area contributed by atoms with Crippen LogP contribution in [0.3, 0.4) is 0 Å². The Morgan fingerprint density at radius 1 is 1.20 bits per heavy atom. The first-order valence-corrected chi connectivity index (χ1v) is 10.4. The van der Waals surface area contributed by atoms with Crippen molar-refractivity contribution in [2.24, 2.45) is 5.92 Å². The number of methoxy groups -OCH3 is 1. The number of carbonyl (C=O) groups is 2. The molecule has 158 valence electrons. The fourth-order valence-corrected chi connectivity index (χ4v) is 4.07. The lowest BCUT2D eigenvalue weighted by Gasteiger charge is -2.14. The van der Waals surface area contributed by atoms with Gasteiger partial charge < -0.3 is 10.1 Å². The third-order valence-corrected chi connectivity index (χ3v) is 5.47. The number of carbonyl (C=O) groups excluding carboxylic acids is 2. The van der Waals surface area contributed by atoms with Crippen LogP contribution >= 0.6 is 22.9 Å². The Bertz CT molecular complexity index is 1240. The van der Waals surface area contributed by atoms with Crippen molar-refractivity contribution in [3.8, 4) is 0 Å². The minimum atomic E-state index is -0.634. The molecule has 3 aromatic rings. The molecule has 0 saturated heterocycles. The van der Waals surface area contributed by atoms with E-state index in [-0.39, 0.29) is 35.8 Å². The molecule has 1 N–H and O–H groups in total. The smallest absolute Gasteiger partial charge is 0.339 e. The van der Waals surface area contributed by atoms with Crippen molar-refractivity contribution in [2.75, 3.05) is 12.4 Å². The number of thiophene rings is 1.